The minimum Gasteiger partial charge on any atom is -0.481 e. The van der Waals surface area contributed by atoms with Crippen molar-refractivity contribution in [3.8, 4) is 0 Å². The predicted octanol–water partition coefficient (Wildman–Crippen LogP) is 5.01. The smallest absolute Gasteiger partial charge is 0.306 e. The van der Waals surface area contributed by atoms with Gasteiger partial charge < -0.3 is 5.11 Å². The Balaban J connectivity index is 1.69. The van der Waals surface area contributed by atoms with E-state index in [0.717, 1.165) is 27.4 Å². The molecule has 2 aromatic heterocycles. The first-order valence-electron chi connectivity index (χ1n) is 8.19. The van der Waals surface area contributed by atoms with Gasteiger partial charge in [-0.1, -0.05) is 12.1 Å². The number of likely N-dealkylation sites (tertiary alicyclic amines) is 1. The quantitative estimate of drug-likeness (QED) is 0.624. The first kappa shape index (κ1) is 17.1. The normalized spacial score (nSPS) is 17.8. The topological polar surface area (TPSA) is 53.4 Å². The van der Waals surface area contributed by atoms with Gasteiger partial charge in [0, 0.05) is 4.88 Å². The number of rotatable bonds is 4. The van der Waals surface area contributed by atoms with Gasteiger partial charge in [-0.3, -0.25) is 9.69 Å². The van der Waals surface area contributed by atoms with E-state index in [-0.39, 0.29) is 12.0 Å². The van der Waals surface area contributed by atoms with Gasteiger partial charge in [-0.05, 0) is 66.1 Å². The van der Waals surface area contributed by atoms with Crippen LogP contribution < -0.4 is 0 Å². The Labute approximate surface area is 162 Å². The van der Waals surface area contributed by atoms with Crippen molar-refractivity contribution in [2.75, 3.05) is 13.1 Å². The third kappa shape index (κ3) is 3.51. The molecular weight excluding hydrogens is 420 g/mol. The molecule has 4 rings (SSSR count). The first-order valence-corrected chi connectivity index (χ1v) is 10.6. The van der Waals surface area contributed by atoms with Gasteiger partial charge in [0.05, 0.1) is 26.0 Å². The minimum atomic E-state index is -0.671. The van der Waals surface area contributed by atoms with Crippen LogP contribution in [-0.4, -0.2) is 34.0 Å². The van der Waals surface area contributed by atoms with Crippen molar-refractivity contribution in [1.29, 1.82) is 0 Å². The fourth-order valence-electron chi connectivity index (χ4n) is 3.34. The lowest BCUT2D eigenvalue weighted by Gasteiger charge is -2.35. The standard InChI is InChI=1S/C18H17BrN2O2S2/c19-15-6-5-14(24-15)16(21-9-7-11(8-10-21)18(22)23)17-20-12-3-1-2-4-13(12)25-17/h1-6,11,16H,7-10H2,(H,22,23). The molecule has 0 saturated carbocycles. The molecule has 0 aliphatic carbocycles. The molecule has 3 heterocycles. The average Bonchev–Trinajstić information content (AvgIpc) is 3.22. The van der Waals surface area contributed by atoms with E-state index < -0.39 is 5.97 Å². The number of carboxylic acid groups (broad SMARTS) is 1. The summed E-state index contributed by atoms with van der Waals surface area (Å²) >= 11 is 7.02. The molecule has 1 aliphatic rings. The van der Waals surface area contributed by atoms with E-state index in [4.69, 9.17) is 4.98 Å². The van der Waals surface area contributed by atoms with Gasteiger partial charge in [0.2, 0.25) is 0 Å². The zero-order chi connectivity index (χ0) is 17.4. The van der Waals surface area contributed by atoms with Gasteiger partial charge in [-0.25, -0.2) is 4.98 Å². The van der Waals surface area contributed by atoms with Crippen molar-refractivity contribution < 1.29 is 9.90 Å². The minimum absolute atomic E-state index is 0.100. The number of nitrogens with zero attached hydrogens (tertiary/aromatic N) is 2. The van der Waals surface area contributed by atoms with Crippen LogP contribution in [0.2, 0.25) is 0 Å². The van der Waals surface area contributed by atoms with E-state index in [1.807, 2.05) is 18.2 Å². The van der Waals surface area contributed by atoms with E-state index >= 15 is 0 Å². The van der Waals surface area contributed by atoms with E-state index in [9.17, 15) is 9.90 Å². The summed E-state index contributed by atoms with van der Waals surface area (Å²) in [5.74, 6) is -0.891. The molecule has 1 aromatic carbocycles. The molecule has 1 unspecified atom stereocenters. The zero-order valence-electron chi connectivity index (χ0n) is 13.4. The van der Waals surface area contributed by atoms with Crippen LogP contribution in [-0.2, 0) is 4.79 Å². The Bertz CT molecular complexity index is 866. The number of benzene rings is 1. The van der Waals surface area contributed by atoms with E-state index in [2.05, 4.69) is 39.0 Å². The lowest BCUT2D eigenvalue weighted by Crippen LogP contribution is -2.38. The third-order valence-corrected chi connectivity index (χ3v) is 7.42. The molecule has 4 nitrogen and oxygen atoms in total. The molecular formula is C18H17BrN2O2S2. The first-order chi connectivity index (χ1) is 12.1. The number of halogens is 1. The number of piperidine rings is 1. The van der Waals surface area contributed by atoms with Crippen molar-refractivity contribution in [2.24, 2.45) is 5.92 Å². The summed E-state index contributed by atoms with van der Waals surface area (Å²) < 4.78 is 2.30. The number of aromatic nitrogens is 1. The summed E-state index contributed by atoms with van der Waals surface area (Å²) in [4.78, 5) is 19.8. The molecule has 0 amide bonds. The Morgan fingerprint density at radius 2 is 1.96 bits per heavy atom. The predicted molar refractivity (Wildman–Crippen MR) is 105 cm³/mol. The number of carboxylic acids is 1. The molecule has 0 radical (unpaired) electrons. The SMILES string of the molecule is O=C(O)C1CCN(C(c2ccc(Br)s2)c2nc3ccccc3s2)CC1. The number of fused-ring (bicyclic) bond motifs is 1. The van der Waals surface area contributed by atoms with E-state index in [1.165, 1.54) is 9.58 Å². The van der Waals surface area contributed by atoms with Gasteiger partial charge >= 0.3 is 5.97 Å². The van der Waals surface area contributed by atoms with Crippen LogP contribution in [0.1, 0.15) is 28.8 Å². The van der Waals surface area contributed by atoms with Crippen LogP contribution in [0.25, 0.3) is 10.2 Å². The molecule has 25 heavy (non-hydrogen) atoms. The molecule has 0 spiro atoms. The highest BCUT2D eigenvalue weighted by Gasteiger charge is 2.32. The second-order valence-corrected chi connectivity index (χ2v) is 9.77. The van der Waals surface area contributed by atoms with Crippen LogP contribution in [0.15, 0.2) is 40.2 Å². The van der Waals surface area contributed by atoms with E-state index in [1.54, 1.807) is 22.7 Å². The Morgan fingerprint density at radius 1 is 1.20 bits per heavy atom. The van der Waals surface area contributed by atoms with Crippen molar-refractivity contribution in [3.63, 3.8) is 0 Å². The third-order valence-electron chi connectivity index (χ3n) is 4.65. The maximum atomic E-state index is 11.3. The highest BCUT2D eigenvalue weighted by molar-refractivity contribution is 9.11. The van der Waals surface area contributed by atoms with Gasteiger partial charge in [0.15, 0.2) is 0 Å². The number of hydrogen-bond donors (Lipinski definition) is 1. The van der Waals surface area contributed by atoms with Crippen LogP contribution >= 0.6 is 38.6 Å². The fourth-order valence-corrected chi connectivity index (χ4v) is 6.10. The summed E-state index contributed by atoms with van der Waals surface area (Å²) in [5, 5.41) is 10.4. The Hall–Kier alpha value is -1.28. The summed E-state index contributed by atoms with van der Waals surface area (Å²) in [5.41, 5.74) is 1.03. The number of carbonyl (C=O) groups is 1. The lowest BCUT2D eigenvalue weighted by molar-refractivity contribution is -0.143. The molecule has 7 heteroatoms. The largest absolute Gasteiger partial charge is 0.481 e. The van der Waals surface area contributed by atoms with Gasteiger partial charge in [-0.15, -0.1) is 22.7 Å². The maximum Gasteiger partial charge on any atom is 0.306 e. The monoisotopic (exact) mass is 436 g/mol. The average molecular weight is 437 g/mol. The Morgan fingerprint density at radius 3 is 2.60 bits per heavy atom. The molecule has 1 fully saturated rings. The van der Waals surface area contributed by atoms with Crippen molar-refractivity contribution >= 4 is 54.8 Å². The van der Waals surface area contributed by atoms with Crippen LogP contribution in [0.3, 0.4) is 0 Å². The van der Waals surface area contributed by atoms with Crippen LogP contribution in [0, 0.1) is 5.92 Å². The molecule has 130 valence electrons. The Kier molecular flexibility index (Phi) is 4.90. The lowest BCUT2D eigenvalue weighted by atomic mass is 9.96. The molecule has 1 saturated heterocycles. The summed E-state index contributed by atoms with van der Waals surface area (Å²) in [6.45, 7) is 1.57. The molecule has 1 aliphatic heterocycles. The van der Waals surface area contributed by atoms with Gasteiger partial charge in [0.1, 0.15) is 5.01 Å². The molecule has 1 atom stereocenters. The zero-order valence-corrected chi connectivity index (χ0v) is 16.6. The highest BCUT2D eigenvalue weighted by Crippen LogP contribution is 2.40. The number of thiazole rings is 1. The van der Waals surface area contributed by atoms with Gasteiger partial charge in [-0.2, -0.15) is 0 Å². The van der Waals surface area contributed by atoms with Gasteiger partial charge in [0.25, 0.3) is 0 Å². The molecule has 1 N–H and O–H groups in total. The van der Waals surface area contributed by atoms with E-state index in [0.29, 0.717) is 12.8 Å². The number of para-hydroxylation sites is 1. The van der Waals surface area contributed by atoms with Crippen molar-refractivity contribution in [3.05, 3.63) is 50.1 Å². The maximum absolute atomic E-state index is 11.3. The number of hydrogen-bond acceptors (Lipinski definition) is 5. The summed E-state index contributed by atoms with van der Waals surface area (Å²) in [6, 6.07) is 12.5. The van der Waals surface area contributed by atoms with Crippen molar-refractivity contribution in [1.82, 2.24) is 9.88 Å². The molecule has 0 bridgehead atoms. The summed E-state index contributed by atoms with van der Waals surface area (Å²) in [6.07, 6.45) is 1.40. The fraction of sp³-hybridized carbons (Fsp3) is 0.333. The second-order valence-electron chi connectivity index (χ2n) is 6.21. The number of thiophene rings is 1. The highest BCUT2D eigenvalue weighted by atomic mass is 79.9. The number of aliphatic carboxylic acids is 1. The summed E-state index contributed by atoms with van der Waals surface area (Å²) in [7, 11) is 0. The van der Waals surface area contributed by atoms with Crippen molar-refractivity contribution in [2.45, 2.75) is 18.9 Å². The second kappa shape index (κ2) is 7.15. The van der Waals surface area contributed by atoms with Crippen LogP contribution in [0.5, 0.6) is 0 Å². The van der Waals surface area contributed by atoms with Crippen LogP contribution in [0.4, 0.5) is 0 Å². The molecule has 3 aromatic rings.